The SMILES string of the molecule is CCN(CC)c1ccc(C2/C(=C(\O)c3cc(Cl)c(OC)cc3OC)C(=O)C(=O)N2CCOC)cc1. The molecule has 1 unspecified atom stereocenters. The van der Waals surface area contributed by atoms with Crippen LogP contribution in [0.1, 0.15) is 31.0 Å². The van der Waals surface area contributed by atoms with Gasteiger partial charge in [0.15, 0.2) is 0 Å². The van der Waals surface area contributed by atoms with Crippen molar-refractivity contribution in [2.75, 3.05) is 52.5 Å². The fraction of sp³-hybridized carbons (Fsp3) is 0.385. The molecule has 1 atom stereocenters. The van der Waals surface area contributed by atoms with Crippen molar-refractivity contribution in [2.45, 2.75) is 19.9 Å². The molecule has 3 rings (SSSR count). The van der Waals surface area contributed by atoms with Gasteiger partial charge in [-0.15, -0.1) is 0 Å². The van der Waals surface area contributed by atoms with Gasteiger partial charge >= 0.3 is 0 Å². The number of nitrogens with zero attached hydrogens (tertiary/aromatic N) is 2. The van der Waals surface area contributed by atoms with Gasteiger partial charge in [-0.25, -0.2) is 0 Å². The molecule has 35 heavy (non-hydrogen) atoms. The maximum atomic E-state index is 13.2. The lowest BCUT2D eigenvalue weighted by atomic mass is 9.94. The maximum absolute atomic E-state index is 13.2. The van der Waals surface area contributed by atoms with Crippen molar-refractivity contribution >= 4 is 34.7 Å². The number of anilines is 1. The molecule has 1 fully saturated rings. The van der Waals surface area contributed by atoms with Crippen LogP contribution in [0.15, 0.2) is 42.0 Å². The highest BCUT2D eigenvalue weighted by Crippen LogP contribution is 2.43. The Morgan fingerprint density at radius 2 is 1.66 bits per heavy atom. The zero-order chi connectivity index (χ0) is 25.7. The first-order chi connectivity index (χ1) is 16.8. The van der Waals surface area contributed by atoms with E-state index in [1.807, 2.05) is 24.3 Å². The van der Waals surface area contributed by atoms with Gasteiger partial charge in [0.1, 0.15) is 17.3 Å². The normalized spacial score (nSPS) is 17.1. The number of ketones is 1. The number of halogens is 1. The molecule has 8 nitrogen and oxygen atoms in total. The summed E-state index contributed by atoms with van der Waals surface area (Å²) < 4.78 is 15.8. The summed E-state index contributed by atoms with van der Waals surface area (Å²) in [6.07, 6.45) is 0. The Morgan fingerprint density at radius 1 is 1.03 bits per heavy atom. The van der Waals surface area contributed by atoms with Crippen molar-refractivity contribution in [3.8, 4) is 11.5 Å². The van der Waals surface area contributed by atoms with Gasteiger partial charge in [0.2, 0.25) is 0 Å². The number of hydrogen-bond acceptors (Lipinski definition) is 7. The molecule has 1 N–H and O–H groups in total. The van der Waals surface area contributed by atoms with Crippen molar-refractivity contribution in [1.29, 1.82) is 0 Å². The van der Waals surface area contributed by atoms with E-state index in [1.54, 1.807) is 0 Å². The van der Waals surface area contributed by atoms with Gasteiger partial charge < -0.3 is 29.1 Å². The van der Waals surface area contributed by atoms with E-state index in [0.29, 0.717) is 11.3 Å². The summed E-state index contributed by atoms with van der Waals surface area (Å²) in [6, 6.07) is 9.81. The van der Waals surface area contributed by atoms with Gasteiger partial charge in [-0.2, -0.15) is 0 Å². The average Bonchev–Trinajstić information content (AvgIpc) is 3.12. The number of rotatable bonds is 10. The second-order valence-electron chi connectivity index (χ2n) is 7.94. The monoisotopic (exact) mass is 502 g/mol. The zero-order valence-corrected chi connectivity index (χ0v) is 21.4. The number of ether oxygens (including phenoxy) is 3. The zero-order valence-electron chi connectivity index (χ0n) is 20.6. The van der Waals surface area contributed by atoms with Gasteiger partial charge in [-0.3, -0.25) is 9.59 Å². The summed E-state index contributed by atoms with van der Waals surface area (Å²) in [5.41, 5.74) is 1.86. The van der Waals surface area contributed by atoms with Crippen molar-refractivity contribution in [1.82, 2.24) is 4.90 Å². The summed E-state index contributed by atoms with van der Waals surface area (Å²) in [7, 11) is 4.41. The lowest BCUT2D eigenvalue weighted by molar-refractivity contribution is -0.140. The second-order valence-corrected chi connectivity index (χ2v) is 8.34. The van der Waals surface area contributed by atoms with Gasteiger partial charge in [0, 0.05) is 38.5 Å². The smallest absolute Gasteiger partial charge is 0.295 e. The highest BCUT2D eigenvalue weighted by atomic mass is 35.5. The Balaban J connectivity index is 2.19. The van der Waals surface area contributed by atoms with Crippen LogP contribution in [0.2, 0.25) is 5.02 Å². The first-order valence-corrected chi connectivity index (χ1v) is 11.7. The van der Waals surface area contributed by atoms with E-state index in [2.05, 4.69) is 18.7 Å². The molecule has 0 saturated carbocycles. The molecule has 2 aromatic carbocycles. The molecule has 0 aromatic heterocycles. The number of carbonyl (C=O) groups excluding carboxylic acids is 2. The van der Waals surface area contributed by atoms with Gasteiger partial charge in [0.05, 0.1) is 43.0 Å². The van der Waals surface area contributed by atoms with Gasteiger partial charge in [0.25, 0.3) is 11.7 Å². The lowest BCUT2D eigenvalue weighted by Gasteiger charge is -2.26. The number of benzene rings is 2. The number of amides is 1. The largest absolute Gasteiger partial charge is 0.507 e. The van der Waals surface area contributed by atoms with Crippen molar-refractivity contribution in [3.63, 3.8) is 0 Å². The Kier molecular flexibility index (Phi) is 8.64. The fourth-order valence-corrected chi connectivity index (χ4v) is 4.53. The van der Waals surface area contributed by atoms with E-state index in [1.165, 1.54) is 38.4 Å². The summed E-state index contributed by atoms with van der Waals surface area (Å²) in [5, 5.41) is 11.6. The van der Waals surface area contributed by atoms with Crippen molar-refractivity contribution < 1.29 is 28.9 Å². The molecule has 0 bridgehead atoms. The van der Waals surface area contributed by atoms with E-state index in [-0.39, 0.29) is 40.8 Å². The Hall–Kier alpha value is -3.23. The number of aliphatic hydroxyl groups excluding tert-OH is 1. The Bertz CT molecular complexity index is 1110. The number of aliphatic hydroxyl groups is 1. The molecule has 1 heterocycles. The van der Waals surface area contributed by atoms with Crippen LogP contribution in [0.5, 0.6) is 11.5 Å². The Morgan fingerprint density at radius 3 is 2.20 bits per heavy atom. The molecule has 2 aromatic rings. The molecule has 188 valence electrons. The quantitative estimate of drug-likeness (QED) is 0.295. The van der Waals surface area contributed by atoms with E-state index in [4.69, 9.17) is 25.8 Å². The highest BCUT2D eigenvalue weighted by Gasteiger charge is 2.46. The summed E-state index contributed by atoms with van der Waals surface area (Å²) in [5.74, 6) is -1.26. The number of likely N-dealkylation sites (tertiary alicyclic amines) is 1. The van der Waals surface area contributed by atoms with Gasteiger partial charge in [-0.05, 0) is 37.6 Å². The predicted octanol–water partition coefficient (Wildman–Crippen LogP) is 4.27. The van der Waals surface area contributed by atoms with Crippen LogP contribution in [0.4, 0.5) is 5.69 Å². The predicted molar refractivity (Wildman–Crippen MR) is 135 cm³/mol. The topological polar surface area (TPSA) is 88.5 Å². The lowest BCUT2D eigenvalue weighted by Crippen LogP contribution is -2.32. The Labute approximate surface area is 210 Å². The van der Waals surface area contributed by atoms with E-state index < -0.39 is 17.7 Å². The van der Waals surface area contributed by atoms with Crippen LogP contribution < -0.4 is 14.4 Å². The molecule has 0 radical (unpaired) electrons. The number of hydrogen-bond donors (Lipinski definition) is 1. The minimum absolute atomic E-state index is 0.0405. The van der Waals surface area contributed by atoms with Crippen LogP contribution in [0, 0.1) is 0 Å². The molecule has 1 amide bonds. The van der Waals surface area contributed by atoms with Crippen molar-refractivity contribution in [3.05, 3.63) is 58.1 Å². The first-order valence-electron chi connectivity index (χ1n) is 11.4. The van der Waals surface area contributed by atoms with Crippen LogP contribution in [0.25, 0.3) is 5.76 Å². The first kappa shape index (κ1) is 26.4. The molecule has 1 saturated heterocycles. The third-order valence-corrected chi connectivity index (χ3v) is 6.44. The summed E-state index contributed by atoms with van der Waals surface area (Å²) >= 11 is 6.30. The minimum atomic E-state index is -0.804. The van der Waals surface area contributed by atoms with Crippen LogP contribution in [-0.2, 0) is 14.3 Å². The third kappa shape index (κ3) is 5.09. The standard InChI is InChI=1S/C26H31ClN2O6/c1-6-28(7-2)17-10-8-16(9-11-17)23-22(25(31)26(32)29(23)12-13-33-3)24(30)18-14-19(27)21(35-5)15-20(18)34-4/h8-11,14-15,23,30H,6-7,12-13H2,1-5H3/b24-22+. The minimum Gasteiger partial charge on any atom is -0.507 e. The van der Waals surface area contributed by atoms with E-state index in [9.17, 15) is 14.7 Å². The van der Waals surface area contributed by atoms with Crippen LogP contribution in [0.3, 0.4) is 0 Å². The van der Waals surface area contributed by atoms with E-state index >= 15 is 0 Å². The number of methoxy groups -OCH3 is 3. The van der Waals surface area contributed by atoms with Crippen LogP contribution >= 0.6 is 11.6 Å². The molecular formula is C26H31ClN2O6. The van der Waals surface area contributed by atoms with Crippen molar-refractivity contribution in [2.24, 2.45) is 0 Å². The molecule has 0 spiro atoms. The molecule has 9 heteroatoms. The number of carbonyl (C=O) groups is 2. The van der Waals surface area contributed by atoms with Gasteiger partial charge in [-0.1, -0.05) is 23.7 Å². The molecule has 1 aliphatic heterocycles. The summed E-state index contributed by atoms with van der Waals surface area (Å²) in [4.78, 5) is 29.8. The fourth-order valence-electron chi connectivity index (χ4n) is 4.29. The second kappa shape index (κ2) is 11.5. The summed E-state index contributed by atoms with van der Waals surface area (Å²) in [6.45, 7) is 6.26. The third-order valence-electron chi connectivity index (χ3n) is 6.14. The average molecular weight is 503 g/mol. The molecule has 1 aliphatic rings. The van der Waals surface area contributed by atoms with E-state index in [0.717, 1.165) is 18.8 Å². The number of Topliss-reactive ketones (excluding diaryl/α,β-unsaturated/α-hetero) is 1. The highest BCUT2D eigenvalue weighted by molar-refractivity contribution is 6.46. The maximum Gasteiger partial charge on any atom is 0.295 e. The molecular weight excluding hydrogens is 472 g/mol. The van der Waals surface area contributed by atoms with Crippen LogP contribution in [-0.4, -0.2) is 69.3 Å². The molecule has 0 aliphatic carbocycles.